The second-order valence-corrected chi connectivity index (χ2v) is 4.32. The first kappa shape index (κ1) is 17.8. The highest BCUT2D eigenvalue weighted by Crippen LogP contribution is 1.96. The average Bonchev–Trinajstić information content (AvgIpc) is 2.34. The third-order valence-corrected chi connectivity index (χ3v) is 2.46. The predicted molar refractivity (Wildman–Crippen MR) is 71.9 cm³/mol. The SMILES string of the molecule is COCCNC(=O)NC(=O)CN(C)CCCCCO. The van der Waals surface area contributed by atoms with E-state index in [0.29, 0.717) is 13.2 Å². The van der Waals surface area contributed by atoms with Gasteiger partial charge in [-0.1, -0.05) is 0 Å². The molecule has 0 aromatic carbocycles. The highest BCUT2D eigenvalue weighted by molar-refractivity contribution is 5.95. The highest BCUT2D eigenvalue weighted by Gasteiger charge is 2.09. The highest BCUT2D eigenvalue weighted by atomic mass is 16.5. The summed E-state index contributed by atoms with van der Waals surface area (Å²) >= 11 is 0. The number of nitrogens with zero attached hydrogens (tertiary/aromatic N) is 1. The van der Waals surface area contributed by atoms with E-state index in [2.05, 4.69) is 10.6 Å². The number of hydrogen-bond acceptors (Lipinski definition) is 5. The molecule has 0 radical (unpaired) electrons. The third kappa shape index (κ3) is 11.6. The number of urea groups is 1. The van der Waals surface area contributed by atoms with Crippen LogP contribution in [0.5, 0.6) is 0 Å². The van der Waals surface area contributed by atoms with Gasteiger partial charge in [-0.05, 0) is 32.9 Å². The molecule has 3 N–H and O–H groups in total. The predicted octanol–water partition coefficient (Wildman–Crippen LogP) is -0.447. The minimum absolute atomic E-state index is 0.177. The second kappa shape index (κ2) is 11.9. The minimum Gasteiger partial charge on any atom is -0.396 e. The smallest absolute Gasteiger partial charge is 0.321 e. The zero-order valence-electron chi connectivity index (χ0n) is 11.8. The van der Waals surface area contributed by atoms with Gasteiger partial charge in [-0.2, -0.15) is 0 Å². The molecule has 0 aliphatic carbocycles. The molecular weight excluding hydrogens is 250 g/mol. The van der Waals surface area contributed by atoms with Gasteiger partial charge in [-0.25, -0.2) is 4.79 Å². The fourth-order valence-corrected chi connectivity index (χ4v) is 1.47. The van der Waals surface area contributed by atoms with Crippen molar-refractivity contribution in [3.63, 3.8) is 0 Å². The van der Waals surface area contributed by atoms with E-state index >= 15 is 0 Å². The molecule has 0 bridgehead atoms. The molecule has 0 aromatic rings. The van der Waals surface area contributed by atoms with E-state index in [0.717, 1.165) is 25.8 Å². The molecule has 0 aliphatic rings. The zero-order chi connectivity index (χ0) is 14.5. The van der Waals surface area contributed by atoms with Gasteiger partial charge < -0.3 is 15.2 Å². The maximum absolute atomic E-state index is 11.5. The topological polar surface area (TPSA) is 90.9 Å². The molecule has 7 heteroatoms. The summed E-state index contributed by atoms with van der Waals surface area (Å²) in [5.41, 5.74) is 0. The van der Waals surface area contributed by atoms with Crippen molar-refractivity contribution in [2.75, 3.05) is 47.0 Å². The van der Waals surface area contributed by atoms with E-state index in [1.54, 1.807) is 0 Å². The maximum atomic E-state index is 11.5. The standard InChI is InChI=1S/C12H25N3O4/c1-15(7-4-3-5-8-16)10-11(17)14-12(18)13-6-9-19-2/h16H,3-10H2,1-2H3,(H2,13,14,17,18). The summed E-state index contributed by atoms with van der Waals surface area (Å²) in [5.74, 6) is -0.334. The lowest BCUT2D eigenvalue weighted by atomic mass is 10.2. The van der Waals surface area contributed by atoms with Crippen LogP contribution in [0.1, 0.15) is 19.3 Å². The van der Waals surface area contributed by atoms with Crippen LogP contribution in [0.3, 0.4) is 0 Å². The summed E-state index contributed by atoms with van der Waals surface area (Å²) in [4.78, 5) is 24.6. The van der Waals surface area contributed by atoms with Gasteiger partial charge in [0.1, 0.15) is 0 Å². The molecule has 0 aliphatic heterocycles. The van der Waals surface area contributed by atoms with Gasteiger partial charge in [0.2, 0.25) is 5.91 Å². The molecule has 19 heavy (non-hydrogen) atoms. The molecule has 3 amide bonds. The van der Waals surface area contributed by atoms with Crippen LogP contribution >= 0.6 is 0 Å². The molecule has 0 rings (SSSR count). The molecule has 0 saturated heterocycles. The number of carbonyl (C=O) groups excluding carboxylic acids is 2. The molecule has 0 spiro atoms. The lowest BCUT2D eigenvalue weighted by molar-refractivity contribution is -0.120. The molecule has 112 valence electrons. The van der Waals surface area contributed by atoms with Gasteiger partial charge in [-0.3, -0.25) is 15.0 Å². The largest absolute Gasteiger partial charge is 0.396 e. The van der Waals surface area contributed by atoms with Crippen molar-refractivity contribution in [3.8, 4) is 0 Å². The molecular formula is C12H25N3O4. The fourth-order valence-electron chi connectivity index (χ4n) is 1.47. The number of aliphatic hydroxyl groups excluding tert-OH is 1. The Hall–Kier alpha value is -1.18. The van der Waals surface area contributed by atoms with Crippen LogP contribution in [0.2, 0.25) is 0 Å². The summed E-state index contributed by atoms with van der Waals surface area (Å²) in [6.45, 7) is 1.92. The van der Waals surface area contributed by atoms with Crippen molar-refractivity contribution >= 4 is 11.9 Å². The fraction of sp³-hybridized carbons (Fsp3) is 0.833. The zero-order valence-corrected chi connectivity index (χ0v) is 11.8. The monoisotopic (exact) mass is 275 g/mol. The van der Waals surface area contributed by atoms with E-state index in [-0.39, 0.29) is 19.1 Å². The van der Waals surface area contributed by atoms with Crippen LogP contribution in [0.15, 0.2) is 0 Å². The van der Waals surface area contributed by atoms with E-state index in [1.807, 2.05) is 11.9 Å². The quantitative estimate of drug-likeness (QED) is 0.470. The summed E-state index contributed by atoms with van der Waals surface area (Å²) in [6, 6.07) is -0.504. The number of ether oxygens (including phenoxy) is 1. The number of hydrogen-bond donors (Lipinski definition) is 3. The van der Waals surface area contributed by atoms with E-state index < -0.39 is 6.03 Å². The first-order chi connectivity index (χ1) is 9.10. The summed E-state index contributed by atoms with van der Waals surface area (Å²) in [7, 11) is 3.36. The van der Waals surface area contributed by atoms with E-state index in [1.165, 1.54) is 7.11 Å². The molecule has 7 nitrogen and oxygen atoms in total. The summed E-state index contributed by atoms with van der Waals surface area (Å²) in [5, 5.41) is 13.4. The van der Waals surface area contributed by atoms with Gasteiger partial charge in [0, 0.05) is 20.3 Å². The van der Waals surface area contributed by atoms with Gasteiger partial charge in [0.15, 0.2) is 0 Å². The molecule has 0 unspecified atom stereocenters. The number of methoxy groups -OCH3 is 1. The van der Waals surface area contributed by atoms with Gasteiger partial charge in [0.25, 0.3) is 0 Å². The molecule has 0 fully saturated rings. The first-order valence-corrected chi connectivity index (χ1v) is 6.46. The average molecular weight is 275 g/mol. The Morgan fingerprint density at radius 1 is 1.26 bits per heavy atom. The Balaban J connectivity index is 3.63. The maximum Gasteiger partial charge on any atom is 0.321 e. The third-order valence-electron chi connectivity index (χ3n) is 2.46. The Labute approximate surface area is 114 Å². The molecule has 0 saturated carbocycles. The van der Waals surface area contributed by atoms with E-state index in [4.69, 9.17) is 9.84 Å². The summed E-state index contributed by atoms with van der Waals surface area (Å²) < 4.78 is 4.77. The Bertz CT molecular complexity index is 261. The lowest BCUT2D eigenvalue weighted by Crippen LogP contribution is -2.44. The number of carbonyl (C=O) groups is 2. The Morgan fingerprint density at radius 2 is 2.00 bits per heavy atom. The number of imide groups is 1. The number of aliphatic hydroxyl groups is 1. The number of rotatable bonds is 10. The van der Waals surface area contributed by atoms with E-state index in [9.17, 15) is 9.59 Å². The van der Waals surface area contributed by atoms with Crippen LogP contribution in [0.4, 0.5) is 4.79 Å². The summed E-state index contributed by atoms with van der Waals surface area (Å²) in [6.07, 6.45) is 2.63. The molecule has 0 aromatic heterocycles. The van der Waals surface area contributed by atoms with Crippen LogP contribution in [-0.4, -0.2) is 69.0 Å². The second-order valence-electron chi connectivity index (χ2n) is 4.32. The van der Waals surface area contributed by atoms with Crippen LogP contribution < -0.4 is 10.6 Å². The van der Waals surface area contributed by atoms with Crippen LogP contribution in [-0.2, 0) is 9.53 Å². The van der Waals surface area contributed by atoms with Crippen LogP contribution in [0, 0.1) is 0 Å². The number of nitrogens with one attached hydrogen (secondary N) is 2. The van der Waals surface area contributed by atoms with Crippen molar-refractivity contribution in [1.82, 2.24) is 15.5 Å². The normalized spacial score (nSPS) is 10.5. The van der Waals surface area contributed by atoms with Crippen molar-refractivity contribution < 1.29 is 19.4 Å². The van der Waals surface area contributed by atoms with Crippen molar-refractivity contribution in [3.05, 3.63) is 0 Å². The Kier molecular flexibility index (Phi) is 11.1. The lowest BCUT2D eigenvalue weighted by Gasteiger charge is -2.15. The number of likely N-dealkylation sites (N-methyl/N-ethyl adjacent to an activating group) is 1. The Morgan fingerprint density at radius 3 is 2.63 bits per heavy atom. The van der Waals surface area contributed by atoms with Crippen LogP contribution in [0.25, 0.3) is 0 Å². The molecule has 0 atom stereocenters. The van der Waals surface area contributed by atoms with Crippen molar-refractivity contribution in [2.45, 2.75) is 19.3 Å². The van der Waals surface area contributed by atoms with Gasteiger partial charge in [0.05, 0.1) is 13.2 Å². The minimum atomic E-state index is -0.504. The van der Waals surface area contributed by atoms with Gasteiger partial charge in [-0.15, -0.1) is 0 Å². The first-order valence-electron chi connectivity index (χ1n) is 6.46. The number of amides is 3. The van der Waals surface area contributed by atoms with Crippen molar-refractivity contribution in [1.29, 1.82) is 0 Å². The number of unbranched alkanes of at least 4 members (excludes halogenated alkanes) is 2. The van der Waals surface area contributed by atoms with Crippen molar-refractivity contribution in [2.24, 2.45) is 0 Å². The van der Waals surface area contributed by atoms with Gasteiger partial charge >= 0.3 is 6.03 Å². The molecule has 0 heterocycles.